The van der Waals surface area contributed by atoms with Crippen molar-refractivity contribution in [3.63, 3.8) is 0 Å². The Hall–Kier alpha value is -2.15. The fourth-order valence-corrected chi connectivity index (χ4v) is 2.59. The molecule has 0 bridgehead atoms. The Labute approximate surface area is 119 Å². The first-order chi connectivity index (χ1) is 9.54. The number of aryl methyl sites for hydroxylation is 2. The van der Waals surface area contributed by atoms with Crippen LogP contribution in [0.1, 0.15) is 34.3 Å². The van der Waals surface area contributed by atoms with E-state index in [-0.39, 0.29) is 11.7 Å². The van der Waals surface area contributed by atoms with Crippen LogP contribution < -0.4 is 0 Å². The second kappa shape index (κ2) is 5.87. The third-order valence-corrected chi connectivity index (χ3v) is 3.70. The number of nitrogens with zero attached hydrogens (tertiary/aromatic N) is 2. The standard InChI is InChI=1S/C16H18N2O2/c1-11-5-6-13(12(2)9-11)15(19)14(10-17)16(20)18-7-3-4-8-18/h5-6,9,14H,3-4,7-8H2,1-2H3. The van der Waals surface area contributed by atoms with Crippen molar-refractivity contribution in [2.24, 2.45) is 5.92 Å². The van der Waals surface area contributed by atoms with Gasteiger partial charge in [-0.2, -0.15) is 5.26 Å². The third kappa shape index (κ3) is 2.72. The molecule has 0 saturated carbocycles. The Morgan fingerprint density at radius 2 is 1.90 bits per heavy atom. The summed E-state index contributed by atoms with van der Waals surface area (Å²) in [7, 11) is 0. The first-order valence-electron chi connectivity index (χ1n) is 6.84. The molecule has 1 heterocycles. The number of benzene rings is 1. The molecule has 0 radical (unpaired) electrons. The van der Waals surface area contributed by atoms with Gasteiger partial charge in [0.1, 0.15) is 0 Å². The minimum atomic E-state index is -1.21. The molecule has 104 valence electrons. The number of rotatable bonds is 3. The first-order valence-corrected chi connectivity index (χ1v) is 6.84. The van der Waals surface area contributed by atoms with Gasteiger partial charge in [0.15, 0.2) is 11.7 Å². The summed E-state index contributed by atoms with van der Waals surface area (Å²) < 4.78 is 0. The molecule has 1 saturated heterocycles. The quantitative estimate of drug-likeness (QED) is 0.625. The van der Waals surface area contributed by atoms with Gasteiger partial charge in [0, 0.05) is 18.7 Å². The number of hydrogen-bond donors (Lipinski definition) is 0. The minimum Gasteiger partial charge on any atom is -0.341 e. The summed E-state index contributed by atoms with van der Waals surface area (Å²) in [5.41, 5.74) is 2.33. The maximum Gasteiger partial charge on any atom is 0.247 e. The summed E-state index contributed by atoms with van der Waals surface area (Å²) in [4.78, 5) is 26.3. The summed E-state index contributed by atoms with van der Waals surface area (Å²) >= 11 is 0. The molecule has 1 amide bonds. The van der Waals surface area contributed by atoms with Gasteiger partial charge in [0.2, 0.25) is 5.91 Å². The van der Waals surface area contributed by atoms with Crippen molar-refractivity contribution in [3.05, 3.63) is 34.9 Å². The highest BCUT2D eigenvalue weighted by atomic mass is 16.2. The average Bonchev–Trinajstić information content (AvgIpc) is 2.93. The van der Waals surface area contributed by atoms with E-state index in [0.717, 1.165) is 24.0 Å². The number of nitriles is 1. The Kier molecular flexibility index (Phi) is 4.19. The van der Waals surface area contributed by atoms with Gasteiger partial charge in [0.05, 0.1) is 6.07 Å². The van der Waals surface area contributed by atoms with Crippen LogP contribution in [0.5, 0.6) is 0 Å². The van der Waals surface area contributed by atoms with E-state index in [1.54, 1.807) is 11.0 Å². The van der Waals surface area contributed by atoms with Crippen LogP contribution in [0, 0.1) is 31.1 Å². The summed E-state index contributed by atoms with van der Waals surface area (Å²) in [5.74, 6) is -1.95. The molecule has 1 aliphatic rings. The van der Waals surface area contributed by atoms with Crippen molar-refractivity contribution in [1.29, 1.82) is 5.26 Å². The Balaban J connectivity index is 2.25. The zero-order valence-electron chi connectivity index (χ0n) is 11.8. The first kappa shape index (κ1) is 14.3. The lowest BCUT2D eigenvalue weighted by Crippen LogP contribution is -2.37. The molecule has 0 spiro atoms. The lowest BCUT2D eigenvalue weighted by atomic mass is 9.93. The number of carbonyl (C=O) groups excluding carboxylic acids is 2. The monoisotopic (exact) mass is 270 g/mol. The van der Waals surface area contributed by atoms with Gasteiger partial charge in [-0.05, 0) is 32.3 Å². The largest absolute Gasteiger partial charge is 0.341 e. The fraction of sp³-hybridized carbons (Fsp3) is 0.438. The molecular weight excluding hydrogens is 252 g/mol. The second-order valence-corrected chi connectivity index (χ2v) is 5.28. The summed E-state index contributed by atoms with van der Waals surface area (Å²) in [6.45, 7) is 5.07. The molecular formula is C16H18N2O2. The Morgan fingerprint density at radius 3 is 2.45 bits per heavy atom. The van der Waals surface area contributed by atoms with E-state index in [4.69, 9.17) is 0 Å². The van der Waals surface area contributed by atoms with Gasteiger partial charge in [-0.15, -0.1) is 0 Å². The van der Waals surface area contributed by atoms with E-state index in [0.29, 0.717) is 18.7 Å². The normalized spacial score (nSPS) is 15.8. The molecule has 4 heteroatoms. The van der Waals surface area contributed by atoms with Crippen molar-refractivity contribution in [1.82, 2.24) is 4.90 Å². The smallest absolute Gasteiger partial charge is 0.247 e. The highest BCUT2D eigenvalue weighted by Crippen LogP contribution is 2.19. The molecule has 0 aromatic heterocycles. The van der Waals surface area contributed by atoms with E-state index >= 15 is 0 Å². The summed E-state index contributed by atoms with van der Waals surface area (Å²) in [6, 6.07) is 7.30. The van der Waals surface area contributed by atoms with Crippen LogP contribution >= 0.6 is 0 Å². The van der Waals surface area contributed by atoms with Crippen LogP contribution in [0.4, 0.5) is 0 Å². The van der Waals surface area contributed by atoms with Gasteiger partial charge < -0.3 is 4.90 Å². The summed E-state index contributed by atoms with van der Waals surface area (Å²) in [5, 5.41) is 9.22. The summed E-state index contributed by atoms with van der Waals surface area (Å²) in [6.07, 6.45) is 1.89. The zero-order valence-corrected chi connectivity index (χ0v) is 11.8. The lowest BCUT2D eigenvalue weighted by Gasteiger charge is -2.18. The fourth-order valence-electron chi connectivity index (χ4n) is 2.59. The Bertz CT molecular complexity index is 581. The van der Waals surface area contributed by atoms with Crippen LogP contribution in [0.2, 0.25) is 0 Å². The molecule has 20 heavy (non-hydrogen) atoms. The van der Waals surface area contributed by atoms with Gasteiger partial charge >= 0.3 is 0 Å². The van der Waals surface area contributed by atoms with Crippen LogP contribution in [-0.2, 0) is 4.79 Å². The van der Waals surface area contributed by atoms with Crippen molar-refractivity contribution >= 4 is 11.7 Å². The van der Waals surface area contributed by atoms with Crippen molar-refractivity contribution in [2.45, 2.75) is 26.7 Å². The molecule has 2 rings (SSSR count). The number of carbonyl (C=O) groups is 2. The number of amides is 1. The second-order valence-electron chi connectivity index (χ2n) is 5.28. The van der Waals surface area contributed by atoms with Gasteiger partial charge in [-0.1, -0.05) is 23.8 Å². The molecule has 1 unspecified atom stereocenters. The SMILES string of the molecule is Cc1ccc(C(=O)C(C#N)C(=O)N2CCCC2)c(C)c1. The van der Waals surface area contributed by atoms with Gasteiger partial charge in [0.25, 0.3) is 0 Å². The van der Waals surface area contributed by atoms with E-state index in [1.165, 1.54) is 0 Å². The van der Waals surface area contributed by atoms with Crippen LogP contribution in [0.3, 0.4) is 0 Å². The number of hydrogen-bond acceptors (Lipinski definition) is 3. The maximum atomic E-state index is 12.4. The maximum absolute atomic E-state index is 12.4. The van der Waals surface area contributed by atoms with Crippen LogP contribution in [-0.4, -0.2) is 29.7 Å². The predicted octanol–water partition coefficient (Wildman–Crippen LogP) is 2.25. The highest BCUT2D eigenvalue weighted by molar-refractivity contribution is 6.12. The van der Waals surface area contributed by atoms with E-state index in [2.05, 4.69) is 0 Å². The molecule has 1 aromatic rings. The van der Waals surface area contributed by atoms with Crippen molar-refractivity contribution in [2.75, 3.05) is 13.1 Å². The topological polar surface area (TPSA) is 61.2 Å². The zero-order chi connectivity index (χ0) is 14.7. The molecule has 4 nitrogen and oxygen atoms in total. The molecule has 1 aromatic carbocycles. The lowest BCUT2D eigenvalue weighted by molar-refractivity contribution is -0.131. The molecule has 1 aliphatic heterocycles. The van der Waals surface area contributed by atoms with E-state index in [9.17, 15) is 14.9 Å². The molecule has 0 N–H and O–H groups in total. The number of Topliss-reactive ketones (excluding diaryl/α,β-unsaturated/α-hetero) is 1. The van der Waals surface area contributed by atoms with Crippen LogP contribution in [0.25, 0.3) is 0 Å². The molecule has 0 aliphatic carbocycles. The highest BCUT2D eigenvalue weighted by Gasteiger charge is 2.33. The number of ketones is 1. The van der Waals surface area contributed by atoms with E-state index in [1.807, 2.05) is 32.0 Å². The Morgan fingerprint density at radius 1 is 1.25 bits per heavy atom. The van der Waals surface area contributed by atoms with Crippen molar-refractivity contribution < 1.29 is 9.59 Å². The molecule has 1 atom stereocenters. The average molecular weight is 270 g/mol. The number of likely N-dealkylation sites (tertiary alicyclic amines) is 1. The third-order valence-electron chi connectivity index (χ3n) is 3.70. The van der Waals surface area contributed by atoms with E-state index < -0.39 is 5.92 Å². The molecule has 1 fully saturated rings. The van der Waals surface area contributed by atoms with Gasteiger partial charge in [-0.3, -0.25) is 9.59 Å². The van der Waals surface area contributed by atoms with Crippen molar-refractivity contribution in [3.8, 4) is 6.07 Å². The predicted molar refractivity (Wildman–Crippen MR) is 75.2 cm³/mol. The minimum absolute atomic E-state index is 0.352. The van der Waals surface area contributed by atoms with Gasteiger partial charge in [-0.25, -0.2) is 0 Å². The van der Waals surface area contributed by atoms with Crippen LogP contribution in [0.15, 0.2) is 18.2 Å².